The lowest BCUT2D eigenvalue weighted by Gasteiger charge is -2.34. The summed E-state index contributed by atoms with van der Waals surface area (Å²) in [6, 6.07) is 1.50. The molecule has 0 aliphatic carbocycles. The van der Waals surface area contributed by atoms with E-state index in [1.807, 2.05) is 11.8 Å². The first-order valence-electron chi connectivity index (χ1n) is 7.28. The lowest BCUT2D eigenvalue weighted by Crippen LogP contribution is -2.45. The quantitative estimate of drug-likeness (QED) is 0.791. The van der Waals surface area contributed by atoms with Crippen LogP contribution in [0.4, 0.5) is 0 Å². The van der Waals surface area contributed by atoms with E-state index in [4.69, 9.17) is 5.11 Å². The number of amides is 1. The van der Waals surface area contributed by atoms with Gasteiger partial charge in [-0.05, 0) is 31.7 Å². The lowest BCUT2D eigenvalue weighted by molar-refractivity contribution is -0.137. The zero-order valence-electron chi connectivity index (χ0n) is 12.2. The predicted molar refractivity (Wildman–Crippen MR) is 76.7 cm³/mol. The van der Waals surface area contributed by atoms with Gasteiger partial charge in [0.05, 0.1) is 6.54 Å². The molecule has 1 saturated heterocycles. The molecule has 2 unspecified atom stereocenters. The molecule has 1 aliphatic heterocycles. The number of hydrogen-bond acceptors (Lipinski definition) is 4. The van der Waals surface area contributed by atoms with Gasteiger partial charge in [-0.2, -0.15) is 5.10 Å². The number of likely N-dealkylation sites (tertiary alicyclic amines) is 1. The highest BCUT2D eigenvalue weighted by Crippen LogP contribution is 2.19. The molecule has 116 valence electrons. The zero-order chi connectivity index (χ0) is 15.2. The summed E-state index contributed by atoms with van der Waals surface area (Å²) < 4.78 is 1.66. The smallest absolute Gasteiger partial charge is 0.317 e. The summed E-state index contributed by atoms with van der Waals surface area (Å²) in [5.74, 6) is -0.473. The van der Waals surface area contributed by atoms with Crippen LogP contribution in [-0.2, 0) is 9.59 Å². The summed E-state index contributed by atoms with van der Waals surface area (Å²) in [5, 5.41) is 15.7. The van der Waals surface area contributed by atoms with Crippen molar-refractivity contribution in [2.24, 2.45) is 5.92 Å². The molecule has 0 spiro atoms. The van der Waals surface area contributed by atoms with Gasteiger partial charge in [0, 0.05) is 32.0 Å². The highest BCUT2D eigenvalue weighted by atomic mass is 16.4. The highest BCUT2D eigenvalue weighted by Gasteiger charge is 2.27. The van der Waals surface area contributed by atoms with Crippen molar-refractivity contribution in [1.29, 1.82) is 0 Å². The molecule has 21 heavy (non-hydrogen) atoms. The minimum atomic E-state index is -0.856. The van der Waals surface area contributed by atoms with Crippen LogP contribution < -0.4 is 5.32 Å². The Morgan fingerprint density at radius 2 is 2.33 bits per heavy atom. The molecule has 1 aromatic heterocycles. The second-order valence-electron chi connectivity index (χ2n) is 5.48. The molecule has 7 nitrogen and oxygen atoms in total. The van der Waals surface area contributed by atoms with E-state index in [-0.39, 0.29) is 18.5 Å². The number of aromatic nitrogens is 2. The fourth-order valence-electron chi connectivity index (χ4n) is 2.70. The van der Waals surface area contributed by atoms with Crippen molar-refractivity contribution in [2.75, 3.05) is 26.2 Å². The van der Waals surface area contributed by atoms with E-state index < -0.39 is 5.97 Å². The number of carbonyl (C=O) groups excluding carboxylic acids is 1. The number of carbonyl (C=O) groups is 2. The summed E-state index contributed by atoms with van der Waals surface area (Å²) >= 11 is 0. The lowest BCUT2D eigenvalue weighted by atomic mass is 9.97. The second kappa shape index (κ2) is 7.21. The Kier molecular flexibility index (Phi) is 5.32. The van der Waals surface area contributed by atoms with Gasteiger partial charge in [0.1, 0.15) is 6.04 Å². The molecule has 1 fully saturated rings. The van der Waals surface area contributed by atoms with Crippen molar-refractivity contribution in [3.63, 3.8) is 0 Å². The largest absolute Gasteiger partial charge is 0.480 e. The van der Waals surface area contributed by atoms with Gasteiger partial charge in [-0.25, -0.2) is 0 Å². The second-order valence-corrected chi connectivity index (χ2v) is 5.48. The van der Waals surface area contributed by atoms with E-state index in [9.17, 15) is 9.59 Å². The number of nitrogens with one attached hydrogen (secondary N) is 1. The fourth-order valence-corrected chi connectivity index (χ4v) is 2.70. The van der Waals surface area contributed by atoms with Crippen molar-refractivity contribution >= 4 is 11.9 Å². The fraction of sp³-hybridized carbons (Fsp3) is 0.643. The first-order valence-corrected chi connectivity index (χ1v) is 7.28. The van der Waals surface area contributed by atoms with Crippen LogP contribution in [0.3, 0.4) is 0 Å². The van der Waals surface area contributed by atoms with Crippen LogP contribution >= 0.6 is 0 Å². The maximum Gasteiger partial charge on any atom is 0.317 e. The maximum atomic E-state index is 12.5. The summed E-state index contributed by atoms with van der Waals surface area (Å²) in [6.07, 6.45) is 5.43. The molecule has 1 amide bonds. The van der Waals surface area contributed by atoms with E-state index in [2.05, 4.69) is 10.4 Å². The minimum Gasteiger partial charge on any atom is -0.480 e. The van der Waals surface area contributed by atoms with Gasteiger partial charge in [0.25, 0.3) is 0 Å². The van der Waals surface area contributed by atoms with Crippen LogP contribution in [0, 0.1) is 5.92 Å². The Labute approximate surface area is 123 Å². The average Bonchev–Trinajstić information content (AvgIpc) is 3.00. The Hall–Kier alpha value is -1.89. The van der Waals surface area contributed by atoms with Crippen LogP contribution in [-0.4, -0.2) is 57.8 Å². The van der Waals surface area contributed by atoms with E-state index >= 15 is 0 Å². The van der Waals surface area contributed by atoms with Crippen LogP contribution in [0.25, 0.3) is 0 Å². The molecule has 0 aromatic carbocycles. The molecule has 2 N–H and O–H groups in total. The number of nitrogens with zero attached hydrogens (tertiary/aromatic N) is 3. The predicted octanol–water partition coefficient (Wildman–Crippen LogP) is 0.357. The Morgan fingerprint density at radius 3 is 3.00 bits per heavy atom. The topological polar surface area (TPSA) is 87.5 Å². The average molecular weight is 294 g/mol. The molecule has 1 aliphatic rings. The van der Waals surface area contributed by atoms with E-state index in [0.29, 0.717) is 19.0 Å². The van der Waals surface area contributed by atoms with Gasteiger partial charge in [0.15, 0.2) is 0 Å². The maximum absolute atomic E-state index is 12.5. The summed E-state index contributed by atoms with van der Waals surface area (Å²) in [5.41, 5.74) is 0. The summed E-state index contributed by atoms with van der Waals surface area (Å²) in [4.78, 5) is 24.8. The van der Waals surface area contributed by atoms with Gasteiger partial charge in [-0.15, -0.1) is 0 Å². The molecule has 7 heteroatoms. The molecule has 0 saturated carbocycles. The highest BCUT2D eigenvalue weighted by molar-refractivity contribution is 5.80. The number of carboxylic acid groups (broad SMARTS) is 1. The van der Waals surface area contributed by atoms with Crippen LogP contribution in [0.2, 0.25) is 0 Å². The van der Waals surface area contributed by atoms with Gasteiger partial charge < -0.3 is 15.3 Å². The molecule has 2 atom stereocenters. The molecular weight excluding hydrogens is 272 g/mol. The van der Waals surface area contributed by atoms with E-state index in [0.717, 1.165) is 19.4 Å². The van der Waals surface area contributed by atoms with Crippen LogP contribution in [0.15, 0.2) is 18.5 Å². The van der Waals surface area contributed by atoms with Crippen molar-refractivity contribution in [3.05, 3.63) is 18.5 Å². The molecule has 1 aromatic rings. The van der Waals surface area contributed by atoms with Crippen LogP contribution in [0.1, 0.15) is 25.8 Å². The SMILES string of the molecule is CC(C(=O)N1CCCC(CNCC(=O)O)C1)n1cccn1. The van der Waals surface area contributed by atoms with Crippen molar-refractivity contribution in [2.45, 2.75) is 25.8 Å². The monoisotopic (exact) mass is 294 g/mol. The Balaban J connectivity index is 1.85. The van der Waals surface area contributed by atoms with Gasteiger partial charge in [0.2, 0.25) is 5.91 Å². The van der Waals surface area contributed by atoms with Crippen molar-refractivity contribution < 1.29 is 14.7 Å². The number of piperidine rings is 1. The standard InChI is InChI=1S/C14H22N4O3/c1-11(18-7-3-5-16-18)14(21)17-6-2-4-12(10-17)8-15-9-13(19)20/h3,5,7,11-12,15H,2,4,6,8-10H2,1H3,(H,19,20). The Morgan fingerprint density at radius 1 is 1.52 bits per heavy atom. The molecule has 0 bridgehead atoms. The number of carboxylic acids is 1. The molecule has 2 rings (SSSR count). The Bertz CT molecular complexity index is 475. The normalized spacial score (nSPS) is 20.2. The van der Waals surface area contributed by atoms with Gasteiger partial charge in [-0.1, -0.05) is 0 Å². The third kappa shape index (κ3) is 4.29. The summed E-state index contributed by atoms with van der Waals surface area (Å²) in [7, 11) is 0. The first kappa shape index (κ1) is 15.5. The number of rotatable bonds is 6. The zero-order valence-corrected chi connectivity index (χ0v) is 12.2. The minimum absolute atomic E-state index is 0.0336. The molecule has 2 heterocycles. The molecule has 0 radical (unpaired) electrons. The number of hydrogen-bond donors (Lipinski definition) is 2. The third-order valence-electron chi connectivity index (χ3n) is 3.82. The molecular formula is C14H22N4O3. The van der Waals surface area contributed by atoms with Gasteiger partial charge >= 0.3 is 5.97 Å². The van der Waals surface area contributed by atoms with Crippen LogP contribution in [0.5, 0.6) is 0 Å². The number of aliphatic carboxylic acids is 1. The van der Waals surface area contributed by atoms with Crippen molar-refractivity contribution in [3.8, 4) is 0 Å². The third-order valence-corrected chi connectivity index (χ3v) is 3.82. The van der Waals surface area contributed by atoms with Gasteiger partial charge in [-0.3, -0.25) is 14.3 Å². The van der Waals surface area contributed by atoms with Crippen molar-refractivity contribution in [1.82, 2.24) is 20.0 Å². The van der Waals surface area contributed by atoms with E-state index in [1.54, 1.807) is 23.1 Å². The van der Waals surface area contributed by atoms with E-state index in [1.165, 1.54) is 0 Å². The first-order chi connectivity index (χ1) is 10.1. The summed E-state index contributed by atoms with van der Waals surface area (Å²) in [6.45, 7) is 3.89.